The number of rotatable bonds is 7. The second kappa shape index (κ2) is 12.1. The number of hydrogen-bond donors (Lipinski definition) is 3. The maximum Gasteiger partial charge on any atom is 0.319 e. The first kappa shape index (κ1) is 25.7. The van der Waals surface area contributed by atoms with Crippen molar-refractivity contribution in [3.05, 3.63) is 47.3 Å². The van der Waals surface area contributed by atoms with Crippen LogP contribution in [0.25, 0.3) is 0 Å². The van der Waals surface area contributed by atoms with Crippen molar-refractivity contribution in [3.63, 3.8) is 0 Å². The molecule has 2 heterocycles. The summed E-state index contributed by atoms with van der Waals surface area (Å²) < 4.78 is 29.2. The van der Waals surface area contributed by atoms with Gasteiger partial charge in [-0.15, -0.1) is 0 Å². The number of anilines is 2. The number of carbonyl (C=O) groups excluding carboxylic acids is 1. The molecule has 2 aromatic rings. The van der Waals surface area contributed by atoms with E-state index in [0.717, 1.165) is 55.3 Å². The van der Waals surface area contributed by atoms with Crippen LogP contribution >= 0.6 is 0 Å². The highest BCUT2D eigenvalue weighted by molar-refractivity contribution is 5.89. The molecule has 0 unspecified atom stereocenters. The number of benzene rings is 1. The Kier molecular flexibility index (Phi) is 8.63. The highest BCUT2D eigenvalue weighted by atomic mass is 19.1. The molecule has 2 fully saturated rings. The summed E-state index contributed by atoms with van der Waals surface area (Å²) in [6.07, 6.45) is 7.95. The first-order valence-electron chi connectivity index (χ1n) is 12.3. The zero-order chi connectivity index (χ0) is 25.5. The van der Waals surface area contributed by atoms with Gasteiger partial charge in [-0.3, -0.25) is 0 Å². The Bertz CT molecular complexity index is 1060. The van der Waals surface area contributed by atoms with Crippen molar-refractivity contribution in [1.82, 2.24) is 15.3 Å². The van der Waals surface area contributed by atoms with Crippen molar-refractivity contribution in [2.24, 2.45) is 5.16 Å². The van der Waals surface area contributed by atoms with E-state index in [2.05, 4.69) is 30.7 Å². The maximum absolute atomic E-state index is 14.7. The van der Waals surface area contributed by atoms with Crippen LogP contribution in [0.15, 0.2) is 29.7 Å². The number of halogens is 2. The highest BCUT2D eigenvalue weighted by Crippen LogP contribution is 2.35. The standard InChI is InChI=1S/C25H32F2N6O3/c1-16-14-29-24(30-15-16)33-9-6-19(7-10-33)36-32-18-4-2-17(3-5-18)20-12-22(27)23(13-21(20)26)31-25(35)28-8-11-34/h12-15,17,19,34H,2-11H2,1H3,(H2,28,31,35). The Labute approximate surface area is 208 Å². The van der Waals surface area contributed by atoms with E-state index in [1.807, 2.05) is 19.3 Å². The lowest BCUT2D eigenvalue weighted by Crippen LogP contribution is -2.37. The number of aryl methyl sites for hydroxylation is 1. The van der Waals surface area contributed by atoms with Crippen LogP contribution in [0.4, 0.5) is 25.2 Å². The molecule has 0 spiro atoms. The van der Waals surface area contributed by atoms with Crippen LogP contribution < -0.4 is 15.5 Å². The van der Waals surface area contributed by atoms with Crippen LogP contribution in [0.5, 0.6) is 0 Å². The molecule has 11 heteroatoms. The molecule has 1 saturated carbocycles. The van der Waals surface area contributed by atoms with E-state index in [1.54, 1.807) is 0 Å². The SMILES string of the molecule is Cc1cnc(N2CCC(ON=C3CCC(c4cc(F)c(NC(=O)NCCO)cc4F)CC3)CC2)nc1. The zero-order valence-corrected chi connectivity index (χ0v) is 20.3. The Morgan fingerprint density at radius 2 is 1.83 bits per heavy atom. The van der Waals surface area contributed by atoms with Crippen LogP contribution in [0.2, 0.25) is 0 Å². The molecule has 2 amide bonds. The van der Waals surface area contributed by atoms with Gasteiger partial charge in [0, 0.05) is 50.9 Å². The fraction of sp³-hybridized carbons (Fsp3) is 0.520. The summed E-state index contributed by atoms with van der Waals surface area (Å²) in [4.78, 5) is 28.4. The molecule has 3 N–H and O–H groups in total. The Balaban J connectivity index is 1.25. The lowest BCUT2D eigenvalue weighted by molar-refractivity contribution is 0.0406. The lowest BCUT2D eigenvalue weighted by Gasteiger charge is -2.31. The van der Waals surface area contributed by atoms with Crippen molar-refractivity contribution in [2.75, 3.05) is 36.5 Å². The monoisotopic (exact) mass is 502 g/mol. The molecule has 1 aromatic carbocycles. The highest BCUT2D eigenvalue weighted by Gasteiger charge is 2.26. The summed E-state index contributed by atoms with van der Waals surface area (Å²) in [7, 11) is 0. The summed E-state index contributed by atoms with van der Waals surface area (Å²) in [5, 5.41) is 17.7. The van der Waals surface area contributed by atoms with E-state index >= 15 is 0 Å². The van der Waals surface area contributed by atoms with Crippen molar-refractivity contribution in [3.8, 4) is 0 Å². The van der Waals surface area contributed by atoms with Gasteiger partial charge in [-0.05, 0) is 55.7 Å². The molecule has 1 saturated heterocycles. The van der Waals surface area contributed by atoms with Gasteiger partial charge in [0.15, 0.2) is 0 Å². The molecular formula is C25H32F2N6O3. The van der Waals surface area contributed by atoms with Crippen molar-refractivity contribution >= 4 is 23.4 Å². The summed E-state index contributed by atoms with van der Waals surface area (Å²) in [5.41, 5.74) is 2.04. The smallest absolute Gasteiger partial charge is 0.319 e. The number of aliphatic hydroxyl groups is 1. The lowest BCUT2D eigenvalue weighted by atomic mass is 9.83. The molecule has 1 aliphatic heterocycles. The molecule has 9 nitrogen and oxygen atoms in total. The second-order valence-corrected chi connectivity index (χ2v) is 9.24. The number of piperidine rings is 1. The number of amides is 2. The van der Waals surface area contributed by atoms with E-state index in [-0.39, 0.29) is 30.9 Å². The largest absolute Gasteiger partial charge is 0.395 e. The quantitative estimate of drug-likeness (QED) is 0.496. The number of hydrogen-bond acceptors (Lipinski definition) is 7. The molecule has 4 rings (SSSR count). The minimum atomic E-state index is -0.706. The van der Waals surface area contributed by atoms with E-state index < -0.39 is 17.7 Å². The van der Waals surface area contributed by atoms with E-state index in [0.29, 0.717) is 31.2 Å². The van der Waals surface area contributed by atoms with Crippen LogP contribution in [0, 0.1) is 18.6 Å². The molecule has 0 bridgehead atoms. The third kappa shape index (κ3) is 6.66. The number of aromatic nitrogens is 2. The van der Waals surface area contributed by atoms with E-state index in [1.165, 1.54) is 0 Å². The average Bonchev–Trinajstić information content (AvgIpc) is 2.89. The molecule has 36 heavy (non-hydrogen) atoms. The van der Waals surface area contributed by atoms with Crippen molar-refractivity contribution < 1.29 is 23.5 Å². The number of urea groups is 1. The van der Waals surface area contributed by atoms with Gasteiger partial charge in [0.25, 0.3) is 0 Å². The molecule has 1 aromatic heterocycles. The average molecular weight is 503 g/mol. The van der Waals surface area contributed by atoms with Gasteiger partial charge in [-0.25, -0.2) is 23.5 Å². The Morgan fingerprint density at radius 3 is 2.50 bits per heavy atom. The number of nitrogens with zero attached hydrogens (tertiary/aromatic N) is 4. The zero-order valence-electron chi connectivity index (χ0n) is 20.3. The molecule has 0 atom stereocenters. The summed E-state index contributed by atoms with van der Waals surface area (Å²) in [6, 6.07) is 1.46. The number of carbonyl (C=O) groups is 1. The van der Waals surface area contributed by atoms with Gasteiger partial charge in [0.1, 0.15) is 17.7 Å². The second-order valence-electron chi connectivity index (χ2n) is 9.24. The van der Waals surface area contributed by atoms with Gasteiger partial charge in [-0.2, -0.15) is 0 Å². The third-order valence-electron chi connectivity index (χ3n) is 6.56. The summed E-state index contributed by atoms with van der Waals surface area (Å²) in [6.45, 7) is 3.34. The molecule has 0 radical (unpaired) electrons. The number of aliphatic hydroxyl groups excluding tert-OH is 1. The maximum atomic E-state index is 14.7. The number of oxime groups is 1. The predicted molar refractivity (Wildman–Crippen MR) is 132 cm³/mol. The third-order valence-corrected chi connectivity index (χ3v) is 6.56. The van der Waals surface area contributed by atoms with Crippen molar-refractivity contribution in [2.45, 2.75) is 57.5 Å². The minimum Gasteiger partial charge on any atom is -0.395 e. The topological polar surface area (TPSA) is 112 Å². The normalized spacial score (nSPS) is 18.6. The predicted octanol–water partition coefficient (Wildman–Crippen LogP) is 3.88. The van der Waals surface area contributed by atoms with Crippen LogP contribution in [-0.2, 0) is 4.84 Å². The molecule has 1 aliphatic carbocycles. The van der Waals surface area contributed by atoms with Crippen LogP contribution in [0.1, 0.15) is 55.6 Å². The van der Waals surface area contributed by atoms with Crippen LogP contribution in [-0.4, -0.2) is 59.2 Å². The number of nitrogens with one attached hydrogen (secondary N) is 2. The van der Waals surface area contributed by atoms with E-state index in [9.17, 15) is 13.6 Å². The molecular weight excluding hydrogens is 470 g/mol. The first-order chi connectivity index (χ1) is 17.4. The summed E-state index contributed by atoms with van der Waals surface area (Å²) in [5.74, 6) is -0.648. The molecule has 194 valence electrons. The van der Waals surface area contributed by atoms with Gasteiger partial charge in [0.2, 0.25) is 5.95 Å². The fourth-order valence-corrected chi connectivity index (χ4v) is 4.52. The Hall–Kier alpha value is -3.34. The van der Waals surface area contributed by atoms with Crippen molar-refractivity contribution in [1.29, 1.82) is 0 Å². The van der Waals surface area contributed by atoms with Gasteiger partial charge < -0.3 is 25.5 Å². The first-order valence-corrected chi connectivity index (χ1v) is 12.3. The van der Waals surface area contributed by atoms with Gasteiger partial charge in [0.05, 0.1) is 18.0 Å². The minimum absolute atomic E-state index is 0.0191. The van der Waals surface area contributed by atoms with E-state index in [4.69, 9.17) is 9.94 Å². The Morgan fingerprint density at radius 1 is 1.14 bits per heavy atom. The van der Waals surface area contributed by atoms with Gasteiger partial charge >= 0.3 is 6.03 Å². The van der Waals surface area contributed by atoms with Crippen LogP contribution in [0.3, 0.4) is 0 Å². The fourth-order valence-electron chi connectivity index (χ4n) is 4.52. The molecule has 2 aliphatic rings. The summed E-state index contributed by atoms with van der Waals surface area (Å²) >= 11 is 0. The van der Waals surface area contributed by atoms with Gasteiger partial charge in [-0.1, -0.05) is 5.16 Å².